The molecule has 1 saturated heterocycles. The predicted molar refractivity (Wildman–Crippen MR) is 114 cm³/mol. The fraction of sp³-hybridized carbons (Fsp3) is 0.500. The van der Waals surface area contributed by atoms with Crippen LogP contribution in [0, 0.1) is 0 Å². The SMILES string of the molecule is COc1cc(NC(=O)c2cc(C(C)C)n(C(C)(C)C)n2)ccc1N1CCCC1=O. The second kappa shape index (κ2) is 7.89. The number of carbonyl (C=O) groups is 2. The van der Waals surface area contributed by atoms with Gasteiger partial charge in [0, 0.05) is 30.4 Å². The van der Waals surface area contributed by atoms with Gasteiger partial charge in [0.25, 0.3) is 5.91 Å². The van der Waals surface area contributed by atoms with Crippen LogP contribution in [0.3, 0.4) is 0 Å². The van der Waals surface area contributed by atoms with Gasteiger partial charge in [-0.15, -0.1) is 0 Å². The minimum Gasteiger partial charge on any atom is -0.494 e. The highest BCUT2D eigenvalue weighted by atomic mass is 16.5. The number of nitrogens with one attached hydrogen (secondary N) is 1. The molecule has 0 atom stereocenters. The molecule has 2 heterocycles. The van der Waals surface area contributed by atoms with Crippen LogP contribution in [0.15, 0.2) is 24.3 Å². The third kappa shape index (κ3) is 4.28. The average Bonchev–Trinajstić information content (AvgIpc) is 3.28. The fourth-order valence-electron chi connectivity index (χ4n) is 3.53. The van der Waals surface area contributed by atoms with Crippen LogP contribution >= 0.6 is 0 Å². The molecule has 1 aromatic carbocycles. The first-order chi connectivity index (χ1) is 13.6. The summed E-state index contributed by atoms with van der Waals surface area (Å²) in [6.07, 6.45) is 1.39. The van der Waals surface area contributed by atoms with E-state index in [4.69, 9.17) is 4.74 Å². The molecule has 0 bridgehead atoms. The van der Waals surface area contributed by atoms with E-state index in [0.29, 0.717) is 30.1 Å². The van der Waals surface area contributed by atoms with E-state index in [0.717, 1.165) is 17.8 Å². The number of amides is 2. The normalized spacial score (nSPS) is 14.6. The van der Waals surface area contributed by atoms with E-state index in [2.05, 4.69) is 45.0 Å². The summed E-state index contributed by atoms with van der Waals surface area (Å²) in [4.78, 5) is 26.6. The first kappa shape index (κ1) is 20.9. The van der Waals surface area contributed by atoms with E-state index in [1.54, 1.807) is 24.1 Å². The van der Waals surface area contributed by atoms with Crippen molar-refractivity contribution < 1.29 is 14.3 Å². The molecule has 2 amide bonds. The zero-order chi connectivity index (χ0) is 21.3. The molecule has 1 aromatic heterocycles. The second-order valence-electron chi connectivity index (χ2n) is 8.68. The van der Waals surface area contributed by atoms with Gasteiger partial charge in [0.15, 0.2) is 5.69 Å². The van der Waals surface area contributed by atoms with Gasteiger partial charge in [-0.05, 0) is 51.3 Å². The molecule has 3 rings (SSSR count). The number of nitrogens with zero attached hydrogens (tertiary/aromatic N) is 3. The third-order valence-electron chi connectivity index (χ3n) is 5.00. The average molecular weight is 399 g/mol. The summed E-state index contributed by atoms with van der Waals surface area (Å²) in [7, 11) is 1.56. The van der Waals surface area contributed by atoms with Gasteiger partial charge in [0.1, 0.15) is 5.75 Å². The van der Waals surface area contributed by atoms with Gasteiger partial charge >= 0.3 is 0 Å². The van der Waals surface area contributed by atoms with Gasteiger partial charge in [-0.25, -0.2) is 0 Å². The molecule has 1 N–H and O–H groups in total. The van der Waals surface area contributed by atoms with Gasteiger partial charge in [-0.3, -0.25) is 14.3 Å². The fourth-order valence-corrected chi connectivity index (χ4v) is 3.53. The number of aromatic nitrogens is 2. The van der Waals surface area contributed by atoms with Crippen LogP contribution in [-0.4, -0.2) is 35.2 Å². The molecule has 0 unspecified atom stereocenters. The lowest BCUT2D eigenvalue weighted by Crippen LogP contribution is -2.26. The van der Waals surface area contributed by atoms with Crippen molar-refractivity contribution in [3.05, 3.63) is 35.7 Å². The Morgan fingerprint density at radius 2 is 1.97 bits per heavy atom. The number of ether oxygens (including phenoxy) is 1. The maximum Gasteiger partial charge on any atom is 0.276 e. The summed E-state index contributed by atoms with van der Waals surface area (Å²) in [6, 6.07) is 7.18. The van der Waals surface area contributed by atoms with Gasteiger partial charge in [-0.1, -0.05) is 13.8 Å². The Morgan fingerprint density at radius 3 is 2.48 bits per heavy atom. The van der Waals surface area contributed by atoms with E-state index in [1.165, 1.54) is 0 Å². The number of benzene rings is 1. The highest BCUT2D eigenvalue weighted by molar-refractivity contribution is 6.03. The molecule has 7 heteroatoms. The Labute approximate surface area is 172 Å². The summed E-state index contributed by atoms with van der Waals surface area (Å²) in [5, 5.41) is 7.45. The van der Waals surface area contributed by atoms with E-state index >= 15 is 0 Å². The van der Waals surface area contributed by atoms with E-state index in [-0.39, 0.29) is 23.3 Å². The monoisotopic (exact) mass is 398 g/mol. The molecular weight excluding hydrogens is 368 g/mol. The predicted octanol–water partition coefficient (Wildman–Crippen LogP) is 4.15. The largest absolute Gasteiger partial charge is 0.494 e. The van der Waals surface area contributed by atoms with E-state index < -0.39 is 0 Å². The summed E-state index contributed by atoms with van der Waals surface area (Å²) in [6.45, 7) is 11.1. The molecule has 0 aliphatic carbocycles. The summed E-state index contributed by atoms with van der Waals surface area (Å²) in [5.41, 5.74) is 2.50. The van der Waals surface area contributed by atoms with Crippen molar-refractivity contribution in [1.29, 1.82) is 0 Å². The Bertz CT molecular complexity index is 925. The molecular formula is C22H30N4O3. The van der Waals surface area contributed by atoms with Crippen LogP contribution in [0.1, 0.15) is 69.6 Å². The van der Waals surface area contributed by atoms with Crippen molar-refractivity contribution >= 4 is 23.2 Å². The van der Waals surface area contributed by atoms with Crippen LogP contribution in [-0.2, 0) is 10.3 Å². The summed E-state index contributed by atoms with van der Waals surface area (Å²) >= 11 is 0. The Morgan fingerprint density at radius 1 is 1.24 bits per heavy atom. The molecule has 1 aliphatic rings. The summed E-state index contributed by atoms with van der Waals surface area (Å²) in [5.74, 6) is 0.623. The molecule has 0 saturated carbocycles. The van der Waals surface area contributed by atoms with Crippen molar-refractivity contribution in [2.24, 2.45) is 0 Å². The molecule has 2 aromatic rings. The molecule has 7 nitrogen and oxygen atoms in total. The lowest BCUT2D eigenvalue weighted by molar-refractivity contribution is -0.117. The van der Waals surface area contributed by atoms with Crippen LogP contribution in [0.25, 0.3) is 0 Å². The quantitative estimate of drug-likeness (QED) is 0.821. The number of anilines is 2. The van der Waals surface area contributed by atoms with Crippen molar-refractivity contribution in [2.45, 2.75) is 58.9 Å². The molecule has 0 spiro atoms. The molecule has 156 valence electrons. The van der Waals surface area contributed by atoms with Gasteiger partial charge in [0.2, 0.25) is 5.91 Å². The van der Waals surface area contributed by atoms with E-state index in [9.17, 15) is 9.59 Å². The Kier molecular flexibility index (Phi) is 5.68. The van der Waals surface area contributed by atoms with Crippen molar-refractivity contribution in [3.8, 4) is 5.75 Å². The minimum absolute atomic E-state index is 0.0917. The lowest BCUT2D eigenvalue weighted by atomic mass is 10.1. The maximum absolute atomic E-state index is 12.8. The minimum atomic E-state index is -0.276. The maximum atomic E-state index is 12.8. The molecule has 1 aliphatic heterocycles. The molecule has 29 heavy (non-hydrogen) atoms. The number of hydrogen-bond donors (Lipinski definition) is 1. The highest BCUT2D eigenvalue weighted by Crippen LogP contribution is 2.34. The van der Waals surface area contributed by atoms with Gasteiger partial charge in [-0.2, -0.15) is 5.10 Å². The zero-order valence-corrected chi connectivity index (χ0v) is 18.1. The van der Waals surface area contributed by atoms with Crippen molar-refractivity contribution in [3.63, 3.8) is 0 Å². The van der Waals surface area contributed by atoms with Crippen molar-refractivity contribution in [1.82, 2.24) is 9.78 Å². The standard InChI is InChI=1S/C22H30N4O3/c1-14(2)18-13-16(24-26(18)22(3,4)5)21(28)23-15-9-10-17(19(12-15)29-6)25-11-7-8-20(25)27/h9-10,12-14H,7-8,11H2,1-6H3,(H,23,28). The number of hydrogen-bond acceptors (Lipinski definition) is 4. The zero-order valence-electron chi connectivity index (χ0n) is 18.1. The Balaban J connectivity index is 1.85. The van der Waals surface area contributed by atoms with Gasteiger partial charge < -0.3 is 15.0 Å². The van der Waals surface area contributed by atoms with Crippen LogP contribution < -0.4 is 15.0 Å². The van der Waals surface area contributed by atoms with Crippen molar-refractivity contribution in [2.75, 3.05) is 23.9 Å². The lowest BCUT2D eigenvalue weighted by Gasteiger charge is -2.23. The van der Waals surface area contributed by atoms with E-state index in [1.807, 2.05) is 16.8 Å². The molecule has 1 fully saturated rings. The third-order valence-corrected chi connectivity index (χ3v) is 5.00. The number of methoxy groups -OCH3 is 1. The number of carbonyl (C=O) groups excluding carboxylic acids is 2. The summed E-state index contributed by atoms with van der Waals surface area (Å²) < 4.78 is 7.38. The van der Waals surface area contributed by atoms with Crippen LogP contribution in [0.4, 0.5) is 11.4 Å². The topological polar surface area (TPSA) is 76.5 Å². The highest BCUT2D eigenvalue weighted by Gasteiger charge is 2.26. The number of rotatable bonds is 5. The first-order valence-corrected chi connectivity index (χ1v) is 10.0. The smallest absolute Gasteiger partial charge is 0.276 e. The van der Waals surface area contributed by atoms with Crippen LogP contribution in [0.2, 0.25) is 0 Å². The molecule has 0 radical (unpaired) electrons. The second-order valence-corrected chi connectivity index (χ2v) is 8.68. The Hall–Kier alpha value is -2.83. The first-order valence-electron chi connectivity index (χ1n) is 10.0. The van der Waals surface area contributed by atoms with Gasteiger partial charge in [0.05, 0.1) is 18.3 Å². The van der Waals surface area contributed by atoms with Crippen LogP contribution in [0.5, 0.6) is 5.75 Å².